The van der Waals surface area contributed by atoms with Gasteiger partial charge in [0.05, 0.1) is 11.3 Å². The summed E-state index contributed by atoms with van der Waals surface area (Å²) < 4.78 is 0. The molecule has 0 aliphatic carbocycles. The number of halogens is 1. The highest BCUT2D eigenvalue weighted by molar-refractivity contribution is 6.31. The van der Waals surface area contributed by atoms with Crippen molar-refractivity contribution in [3.05, 3.63) is 28.8 Å². The maximum atomic E-state index is 12.6. The number of piperidine rings is 1. The largest absolute Gasteiger partial charge is 0.338 e. The number of anilines is 1. The second-order valence-corrected chi connectivity index (χ2v) is 5.93. The van der Waals surface area contributed by atoms with Crippen LogP contribution in [0.5, 0.6) is 0 Å². The molecule has 1 aromatic rings. The minimum absolute atomic E-state index is 0.00569. The van der Waals surface area contributed by atoms with Crippen LogP contribution in [0, 0.1) is 11.8 Å². The van der Waals surface area contributed by atoms with Crippen LogP contribution in [0.25, 0.3) is 0 Å². The number of carbonyl (C=O) groups is 1. The van der Waals surface area contributed by atoms with Gasteiger partial charge in [-0.25, -0.2) is 0 Å². The van der Waals surface area contributed by atoms with Crippen molar-refractivity contribution in [2.45, 2.75) is 20.3 Å². The zero-order valence-corrected chi connectivity index (χ0v) is 12.1. The molecular weight excluding hydrogens is 262 g/mol. The minimum Gasteiger partial charge on any atom is -0.338 e. The molecule has 1 aromatic carbocycles. The third-order valence-electron chi connectivity index (χ3n) is 3.52. The van der Waals surface area contributed by atoms with E-state index in [9.17, 15) is 4.79 Å². The van der Waals surface area contributed by atoms with Crippen molar-refractivity contribution in [2.75, 3.05) is 18.5 Å². The van der Waals surface area contributed by atoms with Crippen LogP contribution in [0.2, 0.25) is 5.02 Å². The maximum absolute atomic E-state index is 12.6. The third kappa shape index (κ3) is 3.19. The van der Waals surface area contributed by atoms with Crippen molar-refractivity contribution in [1.82, 2.24) is 4.90 Å². The summed E-state index contributed by atoms with van der Waals surface area (Å²) >= 11 is 5.97. The lowest BCUT2D eigenvalue weighted by Gasteiger charge is -2.35. The molecule has 3 N–H and O–H groups in total. The quantitative estimate of drug-likeness (QED) is 0.647. The Kier molecular flexibility index (Phi) is 4.32. The van der Waals surface area contributed by atoms with Crippen molar-refractivity contribution in [2.24, 2.45) is 17.7 Å². The Morgan fingerprint density at radius 3 is 2.58 bits per heavy atom. The molecule has 1 fully saturated rings. The van der Waals surface area contributed by atoms with Gasteiger partial charge in [-0.1, -0.05) is 25.4 Å². The van der Waals surface area contributed by atoms with E-state index in [2.05, 4.69) is 19.3 Å². The topological polar surface area (TPSA) is 58.4 Å². The number of nitrogens with one attached hydrogen (secondary N) is 1. The Morgan fingerprint density at radius 1 is 1.37 bits per heavy atom. The second-order valence-electron chi connectivity index (χ2n) is 5.49. The summed E-state index contributed by atoms with van der Waals surface area (Å²) in [5.41, 5.74) is 3.71. The van der Waals surface area contributed by atoms with E-state index in [1.54, 1.807) is 18.2 Å². The SMILES string of the molecule is CC1CC(C)CN(C(=O)c2cc(Cl)ccc2NN)C1. The Hall–Kier alpha value is -1.26. The van der Waals surface area contributed by atoms with Gasteiger partial charge in [-0.15, -0.1) is 0 Å². The van der Waals surface area contributed by atoms with Crippen LogP contribution in [0.15, 0.2) is 18.2 Å². The van der Waals surface area contributed by atoms with Crippen molar-refractivity contribution < 1.29 is 4.79 Å². The fourth-order valence-electron chi connectivity index (χ4n) is 2.82. The molecule has 19 heavy (non-hydrogen) atoms. The normalized spacial score (nSPS) is 23.3. The second kappa shape index (κ2) is 5.80. The van der Waals surface area contributed by atoms with E-state index in [4.69, 9.17) is 17.4 Å². The van der Waals surface area contributed by atoms with E-state index < -0.39 is 0 Å². The molecule has 0 bridgehead atoms. The maximum Gasteiger partial charge on any atom is 0.256 e. The first kappa shape index (κ1) is 14.2. The number of hydrogen-bond acceptors (Lipinski definition) is 3. The molecule has 2 atom stereocenters. The fraction of sp³-hybridized carbons (Fsp3) is 0.500. The molecule has 1 heterocycles. The predicted molar refractivity (Wildman–Crippen MR) is 78.1 cm³/mol. The van der Waals surface area contributed by atoms with Gasteiger partial charge in [0.2, 0.25) is 0 Å². The summed E-state index contributed by atoms with van der Waals surface area (Å²) in [5, 5.41) is 0.542. The molecule has 1 saturated heterocycles. The lowest BCUT2D eigenvalue weighted by atomic mass is 9.91. The van der Waals surface area contributed by atoms with E-state index in [1.165, 1.54) is 6.42 Å². The van der Waals surface area contributed by atoms with E-state index in [-0.39, 0.29) is 5.91 Å². The summed E-state index contributed by atoms with van der Waals surface area (Å²) in [6, 6.07) is 5.12. The summed E-state index contributed by atoms with van der Waals surface area (Å²) in [7, 11) is 0. The molecule has 1 aliphatic heterocycles. The standard InChI is InChI=1S/C14H20ClN3O/c1-9-5-10(2)8-18(7-9)14(19)12-6-11(15)3-4-13(12)17-16/h3-4,6,9-10,17H,5,7-8,16H2,1-2H3. The van der Waals surface area contributed by atoms with Crippen molar-refractivity contribution in [1.29, 1.82) is 0 Å². The first-order valence-electron chi connectivity index (χ1n) is 6.56. The van der Waals surface area contributed by atoms with Crippen LogP contribution in [0.3, 0.4) is 0 Å². The molecule has 0 radical (unpaired) electrons. The third-order valence-corrected chi connectivity index (χ3v) is 3.76. The van der Waals surface area contributed by atoms with Gasteiger partial charge in [-0.3, -0.25) is 10.6 Å². The number of nitrogens with two attached hydrogens (primary N) is 1. The highest BCUT2D eigenvalue weighted by atomic mass is 35.5. The molecule has 104 valence electrons. The Balaban J connectivity index is 2.26. The van der Waals surface area contributed by atoms with Crippen LogP contribution in [-0.4, -0.2) is 23.9 Å². The molecular formula is C14H20ClN3O. The number of benzene rings is 1. The van der Waals surface area contributed by atoms with E-state index >= 15 is 0 Å². The molecule has 4 nitrogen and oxygen atoms in total. The Labute approximate surface area is 118 Å². The predicted octanol–water partition coefficient (Wildman–Crippen LogP) is 2.74. The molecule has 0 spiro atoms. The van der Waals surface area contributed by atoms with Crippen LogP contribution in [-0.2, 0) is 0 Å². The number of hydrazine groups is 1. The number of rotatable bonds is 2. The van der Waals surface area contributed by atoms with Crippen molar-refractivity contribution in [3.63, 3.8) is 0 Å². The molecule has 2 rings (SSSR count). The number of likely N-dealkylation sites (tertiary alicyclic amines) is 1. The summed E-state index contributed by atoms with van der Waals surface area (Å²) in [6.45, 7) is 5.94. The summed E-state index contributed by atoms with van der Waals surface area (Å²) in [4.78, 5) is 14.5. The zero-order chi connectivity index (χ0) is 14.0. The van der Waals surface area contributed by atoms with Crippen LogP contribution < -0.4 is 11.3 Å². The monoisotopic (exact) mass is 281 g/mol. The Bertz CT molecular complexity index is 468. The lowest BCUT2D eigenvalue weighted by Crippen LogP contribution is -2.42. The molecule has 2 unspecified atom stereocenters. The fourth-order valence-corrected chi connectivity index (χ4v) is 2.99. The number of carbonyl (C=O) groups excluding carboxylic acids is 1. The molecule has 1 aliphatic rings. The zero-order valence-electron chi connectivity index (χ0n) is 11.3. The lowest BCUT2D eigenvalue weighted by molar-refractivity contribution is 0.0624. The molecule has 5 heteroatoms. The summed E-state index contributed by atoms with van der Waals surface area (Å²) in [6.07, 6.45) is 1.17. The average Bonchev–Trinajstić information content (AvgIpc) is 2.36. The van der Waals surface area contributed by atoms with Gasteiger partial charge < -0.3 is 10.3 Å². The van der Waals surface area contributed by atoms with E-state index in [0.29, 0.717) is 28.1 Å². The number of nitrogens with zero attached hydrogens (tertiary/aromatic N) is 1. The minimum atomic E-state index is -0.00569. The van der Waals surface area contributed by atoms with Crippen molar-refractivity contribution >= 4 is 23.2 Å². The molecule has 0 aromatic heterocycles. The van der Waals surface area contributed by atoms with Gasteiger partial charge in [0.15, 0.2) is 0 Å². The number of nitrogen functional groups attached to an aromatic ring is 1. The first-order valence-corrected chi connectivity index (χ1v) is 6.94. The number of amides is 1. The Morgan fingerprint density at radius 2 is 2.00 bits per heavy atom. The van der Waals surface area contributed by atoms with E-state index in [0.717, 1.165) is 13.1 Å². The van der Waals surface area contributed by atoms with Gasteiger partial charge in [0, 0.05) is 18.1 Å². The summed E-state index contributed by atoms with van der Waals surface area (Å²) in [5.74, 6) is 6.51. The highest BCUT2D eigenvalue weighted by Crippen LogP contribution is 2.26. The van der Waals surface area contributed by atoms with E-state index in [1.807, 2.05) is 4.90 Å². The van der Waals surface area contributed by atoms with Crippen LogP contribution >= 0.6 is 11.6 Å². The molecule has 0 saturated carbocycles. The van der Waals surface area contributed by atoms with Gasteiger partial charge >= 0.3 is 0 Å². The first-order chi connectivity index (χ1) is 9.01. The molecule has 1 amide bonds. The van der Waals surface area contributed by atoms with Crippen LogP contribution in [0.1, 0.15) is 30.6 Å². The van der Waals surface area contributed by atoms with Gasteiger partial charge in [-0.05, 0) is 36.5 Å². The van der Waals surface area contributed by atoms with Crippen LogP contribution in [0.4, 0.5) is 5.69 Å². The smallest absolute Gasteiger partial charge is 0.256 e. The van der Waals surface area contributed by atoms with Gasteiger partial charge in [0.25, 0.3) is 5.91 Å². The average molecular weight is 282 g/mol. The highest BCUT2D eigenvalue weighted by Gasteiger charge is 2.27. The van der Waals surface area contributed by atoms with Crippen molar-refractivity contribution in [3.8, 4) is 0 Å². The van der Waals surface area contributed by atoms with Gasteiger partial charge in [-0.2, -0.15) is 0 Å². The number of hydrogen-bond donors (Lipinski definition) is 2. The van der Waals surface area contributed by atoms with Gasteiger partial charge in [0.1, 0.15) is 0 Å².